The zero-order valence-corrected chi connectivity index (χ0v) is 17.9. The monoisotopic (exact) mass is 409 g/mol. The Balaban J connectivity index is 1.79. The van der Waals surface area contributed by atoms with E-state index in [0.717, 1.165) is 43.4 Å². The second-order valence-corrected chi connectivity index (χ2v) is 7.01. The van der Waals surface area contributed by atoms with Gasteiger partial charge in [0, 0.05) is 11.8 Å². The Bertz CT molecular complexity index is 810. The third-order valence-corrected chi connectivity index (χ3v) is 4.40. The van der Waals surface area contributed by atoms with Gasteiger partial charge in [-0.05, 0) is 60.9 Å². The maximum absolute atomic E-state index is 12.1. The topological polar surface area (TPSA) is 64.6 Å². The van der Waals surface area contributed by atoms with Gasteiger partial charge in [-0.3, -0.25) is 4.79 Å². The highest BCUT2D eigenvalue weighted by Gasteiger charge is 2.07. The van der Waals surface area contributed by atoms with Crippen LogP contribution in [-0.4, -0.2) is 25.1 Å². The molecule has 0 fully saturated rings. The molecule has 2 aromatic rings. The number of hydrogen-bond donors (Lipinski definition) is 1. The van der Waals surface area contributed by atoms with Gasteiger partial charge in [-0.15, -0.1) is 0 Å². The number of amides is 1. The van der Waals surface area contributed by atoms with Crippen LogP contribution in [0.15, 0.2) is 54.6 Å². The summed E-state index contributed by atoms with van der Waals surface area (Å²) in [5.74, 6) is 0.237. The number of ether oxygens (including phenoxy) is 2. The van der Waals surface area contributed by atoms with Crippen LogP contribution < -0.4 is 10.1 Å². The van der Waals surface area contributed by atoms with Crippen molar-refractivity contribution in [1.82, 2.24) is 0 Å². The van der Waals surface area contributed by atoms with Crippen molar-refractivity contribution in [2.24, 2.45) is 0 Å². The van der Waals surface area contributed by atoms with Crippen molar-refractivity contribution in [2.45, 2.75) is 46.0 Å². The molecule has 0 spiro atoms. The lowest BCUT2D eigenvalue weighted by Crippen LogP contribution is -2.09. The van der Waals surface area contributed by atoms with Crippen molar-refractivity contribution in [3.8, 4) is 5.75 Å². The Morgan fingerprint density at radius 3 is 2.27 bits per heavy atom. The van der Waals surface area contributed by atoms with Crippen molar-refractivity contribution < 1.29 is 19.1 Å². The van der Waals surface area contributed by atoms with Gasteiger partial charge in [0.15, 0.2) is 0 Å². The minimum absolute atomic E-state index is 0.243. The van der Waals surface area contributed by atoms with Gasteiger partial charge in [0.25, 0.3) is 0 Å². The summed E-state index contributed by atoms with van der Waals surface area (Å²) in [6.07, 6.45) is 8.43. The number of carbonyl (C=O) groups is 2. The number of nitrogens with one attached hydrogen (secondary N) is 1. The molecule has 0 bridgehead atoms. The fraction of sp³-hybridized carbons (Fsp3) is 0.360. The number of esters is 1. The molecule has 5 nitrogen and oxygen atoms in total. The smallest absolute Gasteiger partial charge is 0.338 e. The molecule has 0 heterocycles. The highest BCUT2D eigenvalue weighted by molar-refractivity contribution is 6.02. The predicted octanol–water partition coefficient (Wildman–Crippen LogP) is 5.86. The zero-order valence-electron chi connectivity index (χ0n) is 17.9. The average Bonchev–Trinajstić information content (AvgIpc) is 2.77. The number of anilines is 1. The van der Waals surface area contributed by atoms with E-state index in [9.17, 15) is 9.59 Å². The number of carbonyl (C=O) groups excluding carboxylic acids is 2. The van der Waals surface area contributed by atoms with Crippen LogP contribution in [0.5, 0.6) is 5.75 Å². The van der Waals surface area contributed by atoms with E-state index in [2.05, 4.69) is 19.2 Å². The molecule has 0 saturated carbocycles. The van der Waals surface area contributed by atoms with Crippen LogP contribution in [0.25, 0.3) is 6.08 Å². The van der Waals surface area contributed by atoms with Crippen LogP contribution in [-0.2, 0) is 9.53 Å². The van der Waals surface area contributed by atoms with Crippen LogP contribution in [0, 0.1) is 0 Å². The highest BCUT2D eigenvalue weighted by atomic mass is 16.5. The van der Waals surface area contributed by atoms with E-state index >= 15 is 0 Å². The lowest BCUT2D eigenvalue weighted by Gasteiger charge is -2.06. The number of benzene rings is 2. The molecule has 0 aliphatic carbocycles. The van der Waals surface area contributed by atoms with Crippen molar-refractivity contribution in [3.63, 3.8) is 0 Å². The third-order valence-electron chi connectivity index (χ3n) is 4.40. The summed E-state index contributed by atoms with van der Waals surface area (Å²) in [5.41, 5.74) is 2.00. The fourth-order valence-electron chi connectivity index (χ4n) is 2.72. The third kappa shape index (κ3) is 8.52. The van der Waals surface area contributed by atoms with E-state index in [4.69, 9.17) is 9.47 Å². The van der Waals surface area contributed by atoms with Crippen LogP contribution in [0.2, 0.25) is 0 Å². The second-order valence-electron chi connectivity index (χ2n) is 7.01. The normalized spacial score (nSPS) is 10.7. The van der Waals surface area contributed by atoms with Gasteiger partial charge in [-0.25, -0.2) is 4.79 Å². The number of hydrogen-bond acceptors (Lipinski definition) is 4. The van der Waals surface area contributed by atoms with Crippen molar-refractivity contribution in [2.75, 3.05) is 18.5 Å². The molecular weight excluding hydrogens is 378 g/mol. The maximum Gasteiger partial charge on any atom is 0.338 e. The van der Waals surface area contributed by atoms with Crippen LogP contribution in [0.1, 0.15) is 61.9 Å². The molecule has 0 aromatic heterocycles. The first-order valence-electron chi connectivity index (χ1n) is 10.6. The Hall–Kier alpha value is -3.08. The molecule has 0 unspecified atom stereocenters. The Morgan fingerprint density at radius 1 is 0.867 bits per heavy atom. The van der Waals surface area contributed by atoms with Gasteiger partial charge in [0.2, 0.25) is 5.91 Å². The summed E-state index contributed by atoms with van der Waals surface area (Å²) in [4.78, 5) is 24.1. The van der Waals surface area contributed by atoms with Gasteiger partial charge in [-0.2, -0.15) is 0 Å². The first-order valence-corrected chi connectivity index (χ1v) is 10.6. The van der Waals surface area contributed by atoms with E-state index in [-0.39, 0.29) is 11.9 Å². The first kappa shape index (κ1) is 23.2. The van der Waals surface area contributed by atoms with Crippen LogP contribution in [0.3, 0.4) is 0 Å². The fourth-order valence-corrected chi connectivity index (χ4v) is 2.72. The Labute approximate surface area is 179 Å². The molecule has 1 N–H and O–H groups in total. The quantitative estimate of drug-likeness (QED) is 0.271. The lowest BCUT2D eigenvalue weighted by molar-refractivity contribution is -0.111. The average molecular weight is 410 g/mol. The van der Waals surface area contributed by atoms with E-state index < -0.39 is 0 Å². The number of unbranched alkanes of at least 4 members (excludes halogenated alkanes) is 3. The van der Waals surface area contributed by atoms with Gasteiger partial charge in [0.1, 0.15) is 5.75 Å². The Morgan fingerprint density at radius 2 is 1.60 bits per heavy atom. The lowest BCUT2D eigenvalue weighted by atomic mass is 10.2. The van der Waals surface area contributed by atoms with Gasteiger partial charge in [-0.1, -0.05) is 45.2 Å². The second kappa shape index (κ2) is 13.2. The summed E-state index contributed by atoms with van der Waals surface area (Å²) in [6, 6.07) is 14.3. The summed E-state index contributed by atoms with van der Waals surface area (Å²) in [7, 11) is 0. The standard InChI is InChI=1S/C25H31NO4/c1-3-5-6-7-19-30-25(28)21-11-13-22(14-12-21)26-24(27)17-10-20-8-15-23(16-9-20)29-18-4-2/h8-17H,3-7,18-19H2,1-2H3,(H,26,27)/b17-10+. The van der Waals surface area contributed by atoms with Crippen molar-refractivity contribution >= 4 is 23.6 Å². The summed E-state index contributed by atoms with van der Waals surface area (Å²) in [5, 5.41) is 2.78. The Kier molecular flexibility index (Phi) is 10.2. The number of rotatable bonds is 12. The van der Waals surface area contributed by atoms with Gasteiger partial charge in [0.05, 0.1) is 18.8 Å². The molecule has 0 aliphatic rings. The summed E-state index contributed by atoms with van der Waals surface area (Å²) >= 11 is 0. The molecule has 2 rings (SSSR count). The summed E-state index contributed by atoms with van der Waals surface area (Å²) in [6.45, 7) is 5.33. The molecule has 1 amide bonds. The van der Waals surface area contributed by atoms with Crippen LogP contribution in [0.4, 0.5) is 5.69 Å². The molecule has 0 radical (unpaired) electrons. The molecule has 0 atom stereocenters. The van der Waals surface area contributed by atoms with E-state index in [1.807, 2.05) is 24.3 Å². The molecule has 5 heteroatoms. The van der Waals surface area contributed by atoms with Crippen molar-refractivity contribution in [1.29, 1.82) is 0 Å². The molecule has 0 saturated heterocycles. The summed E-state index contributed by atoms with van der Waals surface area (Å²) < 4.78 is 10.8. The largest absolute Gasteiger partial charge is 0.494 e. The van der Waals surface area contributed by atoms with E-state index in [1.165, 1.54) is 6.08 Å². The maximum atomic E-state index is 12.1. The van der Waals surface area contributed by atoms with Crippen LogP contribution >= 0.6 is 0 Å². The SMILES string of the molecule is CCCCCCOC(=O)c1ccc(NC(=O)/C=C/c2ccc(OCCC)cc2)cc1. The predicted molar refractivity (Wildman–Crippen MR) is 121 cm³/mol. The molecule has 30 heavy (non-hydrogen) atoms. The minimum Gasteiger partial charge on any atom is -0.494 e. The molecule has 160 valence electrons. The zero-order chi connectivity index (χ0) is 21.6. The minimum atomic E-state index is -0.337. The molecular formula is C25H31NO4. The van der Waals surface area contributed by atoms with Gasteiger partial charge < -0.3 is 14.8 Å². The van der Waals surface area contributed by atoms with Crippen molar-refractivity contribution in [3.05, 3.63) is 65.7 Å². The van der Waals surface area contributed by atoms with Gasteiger partial charge >= 0.3 is 5.97 Å². The van der Waals surface area contributed by atoms with E-state index in [1.54, 1.807) is 30.3 Å². The molecule has 0 aliphatic heterocycles. The first-order chi connectivity index (χ1) is 14.6. The highest BCUT2D eigenvalue weighted by Crippen LogP contribution is 2.14. The van der Waals surface area contributed by atoms with E-state index in [0.29, 0.717) is 24.5 Å². The molecule has 2 aromatic carbocycles.